The molecule has 1 unspecified atom stereocenters. The third-order valence-corrected chi connectivity index (χ3v) is 2.48. The molecule has 1 aromatic rings. The first kappa shape index (κ1) is 12.5. The van der Waals surface area contributed by atoms with E-state index in [4.69, 9.17) is 0 Å². The van der Waals surface area contributed by atoms with Crippen LogP contribution in [0.1, 0.15) is 12.0 Å². The molecule has 1 atom stereocenters. The van der Waals surface area contributed by atoms with Crippen LogP contribution in [0.3, 0.4) is 0 Å². The highest BCUT2D eigenvalue weighted by Gasteiger charge is 2.39. The fourth-order valence-corrected chi connectivity index (χ4v) is 1.37. The molecule has 0 bridgehead atoms. The summed E-state index contributed by atoms with van der Waals surface area (Å²) in [5, 5.41) is 0. The van der Waals surface area contributed by atoms with Gasteiger partial charge in [0, 0.05) is 4.47 Å². The maximum atomic E-state index is 12.5. The Morgan fingerprint density at radius 2 is 1.67 bits per heavy atom. The van der Waals surface area contributed by atoms with Crippen molar-refractivity contribution in [1.29, 1.82) is 0 Å². The number of hydrogen-bond acceptors (Lipinski definition) is 0. The van der Waals surface area contributed by atoms with Crippen molar-refractivity contribution < 1.29 is 17.6 Å². The topological polar surface area (TPSA) is 0 Å². The van der Waals surface area contributed by atoms with Gasteiger partial charge in [-0.3, -0.25) is 0 Å². The number of hydrogen-bond donors (Lipinski definition) is 0. The van der Waals surface area contributed by atoms with Crippen molar-refractivity contribution in [1.82, 2.24) is 0 Å². The highest BCUT2D eigenvalue weighted by molar-refractivity contribution is 9.10. The van der Waals surface area contributed by atoms with Crippen LogP contribution in [0.5, 0.6) is 0 Å². The molecular formula is C10H9BrF4. The number of aryl methyl sites for hydroxylation is 1. The maximum Gasteiger partial charge on any atom is 0.419 e. The van der Waals surface area contributed by atoms with E-state index in [2.05, 4.69) is 15.9 Å². The highest BCUT2D eigenvalue weighted by atomic mass is 79.9. The Bertz CT molecular complexity index is 304. The van der Waals surface area contributed by atoms with Crippen LogP contribution in [0, 0.1) is 0 Å². The van der Waals surface area contributed by atoms with Gasteiger partial charge in [0.15, 0.2) is 6.17 Å². The lowest BCUT2D eigenvalue weighted by Gasteiger charge is -2.11. The average molecular weight is 285 g/mol. The molecule has 0 aliphatic rings. The molecule has 0 fully saturated rings. The number of benzene rings is 1. The first-order chi connectivity index (χ1) is 6.89. The molecule has 0 aliphatic carbocycles. The molecule has 1 aromatic carbocycles. The fraction of sp³-hybridized carbons (Fsp3) is 0.400. The first-order valence-corrected chi connectivity index (χ1v) is 5.14. The van der Waals surface area contributed by atoms with Crippen LogP contribution < -0.4 is 0 Å². The molecular weight excluding hydrogens is 276 g/mol. The second kappa shape index (κ2) is 4.96. The molecule has 0 amide bonds. The Kier molecular flexibility index (Phi) is 4.13. The first-order valence-electron chi connectivity index (χ1n) is 4.35. The van der Waals surface area contributed by atoms with Crippen LogP contribution in [0.2, 0.25) is 0 Å². The van der Waals surface area contributed by atoms with E-state index in [1.807, 2.05) is 0 Å². The van der Waals surface area contributed by atoms with Crippen LogP contribution in [-0.2, 0) is 6.42 Å². The third kappa shape index (κ3) is 4.20. The Labute approximate surface area is 93.4 Å². The van der Waals surface area contributed by atoms with Crippen molar-refractivity contribution in [3.8, 4) is 0 Å². The zero-order chi connectivity index (χ0) is 11.5. The van der Waals surface area contributed by atoms with Crippen molar-refractivity contribution in [3.63, 3.8) is 0 Å². The van der Waals surface area contributed by atoms with Crippen molar-refractivity contribution >= 4 is 15.9 Å². The van der Waals surface area contributed by atoms with Crippen molar-refractivity contribution in [3.05, 3.63) is 34.3 Å². The summed E-state index contributed by atoms with van der Waals surface area (Å²) in [6, 6.07) is 6.78. The molecule has 0 saturated heterocycles. The molecule has 0 heterocycles. The highest BCUT2D eigenvalue weighted by Crippen LogP contribution is 2.26. The Morgan fingerprint density at radius 3 is 2.13 bits per heavy atom. The molecule has 1 rings (SSSR count). The molecule has 15 heavy (non-hydrogen) atoms. The van der Waals surface area contributed by atoms with Gasteiger partial charge >= 0.3 is 6.18 Å². The normalized spacial score (nSPS) is 13.9. The van der Waals surface area contributed by atoms with E-state index in [9.17, 15) is 17.6 Å². The van der Waals surface area contributed by atoms with Gasteiger partial charge in [-0.05, 0) is 30.5 Å². The van der Waals surface area contributed by atoms with Crippen LogP contribution in [0.15, 0.2) is 28.7 Å². The van der Waals surface area contributed by atoms with E-state index >= 15 is 0 Å². The SMILES string of the molecule is FC(CCc1ccc(Br)cc1)C(F)(F)F. The van der Waals surface area contributed by atoms with Gasteiger partial charge in [-0.2, -0.15) is 13.2 Å². The predicted molar refractivity (Wildman–Crippen MR) is 53.4 cm³/mol. The van der Waals surface area contributed by atoms with Gasteiger partial charge in [-0.25, -0.2) is 4.39 Å². The smallest absolute Gasteiger partial charge is 0.237 e. The molecule has 5 heteroatoms. The monoisotopic (exact) mass is 284 g/mol. The lowest BCUT2D eigenvalue weighted by molar-refractivity contribution is -0.181. The summed E-state index contributed by atoms with van der Waals surface area (Å²) in [6.07, 6.45) is -7.91. The molecule has 0 nitrogen and oxygen atoms in total. The molecule has 0 aliphatic heterocycles. The largest absolute Gasteiger partial charge is 0.419 e. The zero-order valence-corrected chi connectivity index (χ0v) is 9.28. The Hall–Kier alpha value is -0.580. The average Bonchev–Trinajstić information content (AvgIpc) is 2.15. The lowest BCUT2D eigenvalue weighted by Crippen LogP contribution is -2.24. The molecule has 0 saturated carbocycles. The van der Waals surface area contributed by atoms with Gasteiger partial charge in [0.25, 0.3) is 0 Å². The molecule has 0 aromatic heterocycles. The summed E-state index contributed by atoms with van der Waals surface area (Å²) in [4.78, 5) is 0. The van der Waals surface area contributed by atoms with Crippen LogP contribution in [0.25, 0.3) is 0 Å². The minimum atomic E-state index is -4.74. The van der Waals surface area contributed by atoms with Gasteiger partial charge in [0.1, 0.15) is 0 Å². The minimum Gasteiger partial charge on any atom is -0.237 e. The summed E-state index contributed by atoms with van der Waals surface area (Å²) in [5.74, 6) is 0. The van der Waals surface area contributed by atoms with E-state index < -0.39 is 18.8 Å². The van der Waals surface area contributed by atoms with E-state index in [1.165, 1.54) is 0 Å². The Balaban J connectivity index is 2.47. The lowest BCUT2D eigenvalue weighted by atomic mass is 10.1. The minimum absolute atomic E-state index is 0.0912. The molecule has 84 valence electrons. The van der Waals surface area contributed by atoms with Crippen molar-refractivity contribution in [2.24, 2.45) is 0 Å². The van der Waals surface area contributed by atoms with Crippen LogP contribution >= 0.6 is 15.9 Å². The number of alkyl halides is 4. The third-order valence-electron chi connectivity index (χ3n) is 1.95. The van der Waals surface area contributed by atoms with E-state index in [-0.39, 0.29) is 6.42 Å². The summed E-state index contributed by atoms with van der Waals surface area (Å²) >= 11 is 3.20. The predicted octanol–water partition coefficient (Wildman–Crippen LogP) is 4.28. The Morgan fingerprint density at radius 1 is 1.13 bits per heavy atom. The quantitative estimate of drug-likeness (QED) is 0.727. The fourth-order valence-electron chi connectivity index (χ4n) is 1.11. The van der Waals surface area contributed by atoms with Gasteiger partial charge in [-0.15, -0.1) is 0 Å². The van der Waals surface area contributed by atoms with Gasteiger partial charge in [0.2, 0.25) is 0 Å². The van der Waals surface area contributed by atoms with Crippen molar-refractivity contribution in [2.75, 3.05) is 0 Å². The number of rotatable bonds is 3. The second-order valence-electron chi connectivity index (χ2n) is 3.17. The summed E-state index contributed by atoms with van der Waals surface area (Å²) in [7, 11) is 0. The maximum absolute atomic E-state index is 12.5. The van der Waals surface area contributed by atoms with Crippen LogP contribution in [0.4, 0.5) is 17.6 Å². The molecule has 0 spiro atoms. The van der Waals surface area contributed by atoms with Gasteiger partial charge in [0.05, 0.1) is 0 Å². The molecule has 0 radical (unpaired) electrons. The van der Waals surface area contributed by atoms with Gasteiger partial charge in [-0.1, -0.05) is 28.1 Å². The van der Waals surface area contributed by atoms with E-state index in [0.717, 1.165) is 4.47 Å². The molecule has 0 N–H and O–H groups in total. The summed E-state index contributed by atoms with van der Waals surface area (Å²) in [6.45, 7) is 0. The van der Waals surface area contributed by atoms with Gasteiger partial charge < -0.3 is 0 Å². The zero-order valence-electron chi connectivity index (χ0n) is 7.69. The van der Waals surface area contributed by atoms with Crippen molar-refractivity contribution in [2.45, 2.75) is 25.2 Å². The standard InChI is InChI=1S/C10H9BrF4/c11-8-4-1-7(2-5-8)3-6-9(12)10(13,14)15/h1-2,4-5,9H,3,6H2. The second-order valence-corrected chi connectivity index (χ2v) is 4.09. The van der Waals surface area contributed by atoms with E-state index in [0.29, 0.717) is 5.56 Å². The van der Waals surface area contributed by atoms with Crippen LogP contribution in [-0.4, -0.2) is 12.3 Å². The summed E-state index contributed by atoms with van der Waals surface area (Å²) < 4.78 is 48.9. The summed E-state index contributed by atoms with van der Waals surface area (Å²) in [5.41, 5.74) is 0.699. The number of halogens is 5. The van der Waals surface area contributed by atoms with E-state index in [1.54, 1.807) is 24.3 Å².